The summed E-state index contributed by atoms with van der Waals surface area (Å²) in [6, 6.07) is 16.3. The number of hydrogen-bond acceptors (Lipinski definition) is 6. The van der Waals surface area contributed by atoms with Crippen LogP contribution >= 0.6 is 23.1 Å². The zero-order chi connectivity index (χ0) is 19.3. The third-order valence-corrected chi connectivity index (χ3v) is 5.87. The van der Waals surface area contributed by atoms with Gasteiger partial charge in [-0.25, -0.2) is 9.97 Å². The van der Waals surface area contributed by atoms with E-state index in [1.807, 2.05) is 36.4 Å². The zero-order valence-electron chi connectivity index (χ0n) is 15.7. The van der Waals surface area contributed by atoms with Crippen LogP contribution in [0.1, 0.15) is 21.8 Å². The Labute approximate surface area is 172 Å². The SMILES string of the molecule is Cc1ccc(OCc2nc(CSc3n[nH]c(-c4ccc(C)cc4)n3)cs2)cc1. The van der Waals surface area contributed by atoms with Gasteiger partial charge in [0.05, 0.1) is 5.69 Å². The van der Waals surface area contributed by atoms with Gasteiger partial charge in [-0.1, -0.05) is 59.3 Å². The molecule has 0 aliphatic carbocycles. The molecule has 28 heavy (non-hydrogen) atoms. The average molecular weight is 409 g/mol. The Kier molecular flexibility index (Phi) is 5.73. The van der Waals surface area contributed by atoms with Gasteiger partial charge in [0, 0.05) is 16.7 Å². The molecule has 0 spiro atoms. The van der Waals surface area contributed by atoms with Gasteiger partial charge in [-0.2, -0.15) is 0 Å². The summed E-state index contributed by atoms with van der Waals surface area (Å²) >= 11 is 3.18. The lowest BCUT2D eigenvalue weighted by atomic mass is 10.1. The lowest BCUT2D eigenvalue weighted by Gasteiger charge is -2.03. The van der Waals surface area contributed by atoms with Crippen molar-refractivity contribution in [3.8, 4) is 17.1 Å². The van der Waals surface area contributed by atoms with E-state index in [2.05, 4.69) is 51.5 Å². The molecule has 1 N–H and O–H groups in total. The highest BCUT2D eigenvalue weighted by atomic mass is 32.2. The first-order chi connectivity index (χ1) is 13.7. The molecule has 0 aliphatic heterocycles. The number of nitrogens with zero attached hydrogens (tertiary/aromatic N) is 3. The number of ether oxygens (including phenoxy) is 1. The van der Waals surface area contributed by atoms with Gasteiger partial charge >= 0.3 is 0 Å². The van der Waals surface area contributed by atoms with Crippen LogP contribution in [0.4, 0.5) is 0 Å². The van der Waals surface area contributed by atoms with E-state index in [0.717, 1.165) is 38.7 Å². The Morgan fingerprint density at radius 2 is 1.68 bits per heavy atom. The van der Waals surface area contributed by atoms with Crippen LogP contribution in [0.3, 0.4) is 0 Å². The second-order valence-corrected chi connectivity index (χ2v) is 8.34. The number of nitrogens with one attached hydrogen (secondary N) is 1. The summed E-state index contributed by atoms with van der Waals surface area (Å²) in [5.41, 5.74) is 4.50. The minimum Gasteiger partial charge on any atom is -0.486 e. The number of H-pyrrole nitrogens is 1. The molecule has 0 amide bonds. The van der Waals surface area contributed by atoms with Crippen LogP contribution in [0.2, 0.25) is 0 Å². The van der Waals surface area contributed by atoms with Crippen LogP contribution in [0.15, 0.2) is 59.1 Å². The Bertz CT molecular complexity index is 1040. The van der Waals surface area contributed by atoms with E-state index < -0.39 is 0 Å². The van der Waals surface area contributed by atoms with E-state index in [4.69, 9.17) is 4.74 Å². The van der Waals surface area contributed by atoms with Crippen molar-refractivity contribution in [3.63, 3.8) is 0 Å². The first-order valence-electron chi connectivity index (χ1n) is 8.91. The van der Waals surface area contributed by atoms with E-state index in [1.54, 1.807) is 23.1 Å². The number of aromatic nitrogens is 4. The van der Waals surface area contributed by atoms with Gasteiger partial charge in [0.25, 0.3) is 0 Å². The maximum atomic E-state index is 5.80. The molecule has 142 valence electrons. The number of thioether (sulfide) groups is 1. The van der Waals surface area contributed by atoms with Gasteiger partial charge in [0.15, 0.2) is 5.82 Å². The zero-order valence-corrected chi connectivity index (χ0v) is 17.3. The first kappa shape index (κ1) is 18.7. The monoisotopic (exact) mass is 408 g/mol. The number of thiazole rings is 1. The number of aromatic amines is 1. The van der Waals surface area contributed by atoms with Crippen molar-refractivity contribution in [1.29, 1.82) is 0 Å². The molecule has 0 saturated carbocycles. The van der Waals surface area contributed by atoms with Crippen molar-refractivity contribution in [1.82, 2.24) is 20.2 Å². The molecule has 4 rings (SSSR count). The van der Waals surface area contributed by atoms with Crippen molar-refractivity contribution < 1.29 is 4.74 Å². The summed E-state index contributed by atoms with van der Waals surface area (Å²) in [6.07, 6.45) is 0. The maximum absolute atomic E-state index is 5.80. The van der Waals surface area contributed by atoms with Gasteiger partial charge in [0.1, 0.15) is 17.4 Å². The van der Waals surface area contributed by atoms with Crippen molar-refractivity contribution in [3.05, 3.63) is 75.7 Å². The molecule has 0 unspecified atom stereocenters. The van der Waals surface area contributed by atoms with Gasteiger partial charge < -0.3 is 4.74 Å². The van der Waals surface area contributed by atoms with Gasteiger partial charge in [-0.05, 0) is 26.0 Å². The fourth-order valence-electron chi connectivity index (χ4n) is 2.55. The van der Waals surface area contributed by atoms with Crippen LogP contribution in [0.25, 0.3) is 11.4 Å². The molecular weight excluding hydrogens is 388 g/mol. The lowest BCUT2D eigenvalue weighted by molar-refractivity contribution is 0.305. The molecule has 2 aromatic heterocycles. The molecule has 0 saturated heterocycles. The van der Waals surface area contributed by atoms with Gasteiger partial charge in [-0.3, -0.25) is 5.10 Å². The van der Waals surface area contributed by atoms with Crippen LogP contribution in [-0.2, 0) is 12.4 Å². The van der Waals surface area contributed by atoms with Crippen LogP contribution in [0, 0.1) is 13.8 Å². The summed E-state index contributed by atoms with van der Waals surface area (Å²) in [7, 11) is 0. The van der Waals surface area contributed by atoms with E-state index in [9.17, 15) is 0 Å². The topological polar surface area (TPSA) is 63.7 Å². The van der Waals surface area contributed by atoms with Crippen molar-refractivity contribution in [2.75, 3.05) is 0 Å². The number of hydrogen-bond donors (Lipinski definition) is 1. The Morgan fingerprint density at radius 1 is 0.964 bits per heavy atom. The molecule has 0 atom stereocenters. The predicted molar refractivity (Wildman–Crippen MR) is 114 cm³/mol. The minimum atomic E-state index is 0.483. The third-order valence-electron chi connectivity index (χ3n) is 4.12. The van der Waals surface area contributed by atoms with Gasteiger partial charge in [0.2, 0.25) is 5.16 Å². The fourth-order valence-corrected chi connectivity index (χ4v) is 4.05. The van der Waals surface area contributed by atoms with Crippen LogP contribution in [-0.4, -0.2) is 20.2 Å². The van der Waals surface area contributed by atoms with Crippen molar-refractivity contribution in [2.24, 2.45) is 0 Å². The quantitative estimate of drug-likeness (QED) is 0.414. The highest BCUT2D eigenvalue weighted by molar-refractivity contribution is 7.98. The average Bonchev–Trinajstić information content (AvgIpc) is 3.36. The lowest BCUT2D eigenvalue weighted by Crippen LogP contribution is -1.95. The molecule has 0 bridgehead atoms. The third kappa shape index (κ3) is 4.79. The number of aryl methyl sites for hydroxylation is 2. The molecular formula is C21H20N4OS2. The predicted octanol–water partition coefficient (Wildman–Crippen LogP) is 5.42. The number of rotatable bonds is 7. The minimum absolute atomic E-state index is 0.483. The Hall–Kier alpha value is -2.64. The Morgan fingerprint density at radius 3 is 2.43 bits per heavy atom. The van der Waals surface area contributed by atoms with E-state index in [0.29, 0.717) is 6.61 Å². The normalized spacial score (nSPS) is 10.9. The first-order valence-corrected chi connectivity index (χ1v) is 10.8. The highest BCUT2D eigenvalue weighted by Crippen LogP contribution is 2.24. The second kappa shape index (κ2) is 8.58. The number of benzene rings is 2. The van der Waals surface area contributed by atoms with Crippen LogP contribution < -0.4 is 4.74 Å². The summed E-state index contributed by atoms with van der Waals surface area (Å²) < 4.78 is 5.80. The van der Waals surface area contributed by atoms with Crippen LogP contribution in [0.5, 0.6) is 5.75 Å². The fraction of sp³-hybridized carbons (Fsp3) is 0.190. The Balaban J connectivity index is 1.31. The summed E-state index contributed by atoms with van der Waals surface area (Å²) in [5, 5.41) is 11.1. The smallest absolute Gasteiger partial charge is 0.209 e. The maximum Gasteiger partial charge on any atom is 0.209 e. The summed E-state index contributed by atoms with van der Waals surface area (Å²) in [4.78, 5) is 9.20. The van der Waals surface area contributed by atoms with Gasteiger partial charge in [-0.15, -0.1) is 16.4 Å². The molecule has 5 nitrogen and oxygen atoms in total. The molecule has 2 aromatic carbocycles. The standard InChI is InChI=1S/C21H20N4OS2/c1-14-3-7-16(8-4-14)20-23-21(25-24-20)28-13-17-12-27-19(22-17)11-26-18-9-5-15(2)6-10-18/h3-10,12H,11,13H2,1-2H3,(H,23,24,25). The van der Waals surface area contributed by atoms with E-state index in [1.165, 1.54) is 11.1 Å². The van der Waals surface area contributed by atoms with E-state index >= 15 is 0 Å². The van der Waals surface area contributed by atoms with Crippen molar-refractivity contribution in [2.45, 2.75) is 31.4 Å². The van der Waals surface area contributed by atoms with Crippen molar-refractivity contribution >= 4 is 23.1 Å². The second-order valence-electron chi connectivity index (χ2n) is 6.46. The largest absolute Gasteiger partial charge is 0.486 e. The molecule has 0 fully saturated rings. The molecule has 0 aliphatic rings. The highest BCUT2D eigenvalue weighted by Gasteiger charge is 2.09. The summed E-state index contributed by atoms with van der Waals surface area (Å²) in [5.74, 6) is 2.38. The molecule has 4 aromatic rings. The molecule has 7 heteroatoms. The summed E-state index contributed by atoms with van der Waals surface area (Å²) in [6.45, 7) is 4.61. The van der Waals surface area contributed by atoms with E-state index in [-0.39, 0.29) is 0 Å². The molecule has 0 radical (unpaired) electrons. The molecule has 2 heterocycles.